The van der Waals surface area contributed by atoms with Crippen LogP contribution in [0.25, 0.3) is 0 Å². The van der Waals surface area contributed by atoms with Gasteiger partial charge >= 0.3 is 0 Å². The van der Waals surface area contributed by atoms with Crippen molar-refractivity contribution >= 4 is 10.9 Å². The number of hydrogen-bond acceptors (Lipinski definition) is 0. The lowest BCUT2D eigenvalue weighted by Crippen LogP contribution is -2.23. The maximum absolute atomic E-state index is 12.9. The fourth-order valence-electron chi connectivity index (χ4n) is 1.06. The highest BCUT2D eigenvalue weighted by atomic mass is 32.2. The molecule has 0 saturated heterocycles. The Bertz CT molecular complexity index is 119. The van der Waals surface area contributed by atoms with Crippen LogP contribution in [0.2, 0.25) is 0 Å². The van der Waals surface area contributed by atoms with Crippen molar-refractivity contribution in [2.45, 2.75) is 18.8 Å². The number of halogens is 2. The van der Waals surface area contributed by atoms with E-state index in [1.807, 2.05) is 12.5 Å². The number of hydrogen-bond donors (Lipinski definition) is 1. The molecule has 3 heteroatoms. The third-order valence-electron chi connectivity index (χ3n) is 1.70. The second kappa shape index (κ2) is 2.68. The summed E-state index contributed by atoms with van der Waals surface area (Å²) in [5.41, 5.74) is 0. The fourth-order valence-corrected chi connectivity index (χ4v) is 2.16. The van der Waals surface area contributed by atoms with Gasteiger partial charge in [-0.2, -0.15) is 0 Å². The minimum atomic E-state index is -2.34. The van der Waals surface area contributed by atoms with Gasteiger partial charge in [-0.1, -0.05) is 0 Å². The molecule has 0 spiro atoms. The normalized spacial score (nSPS) is 21.0. The summed E-state index contributed by atoms with van der Waals surface area (Å²) in [5, 5.41) is 0. The Labute approximate surface area is 63.3 Å². The van der Waals surface area contributed by atoms with Gasteiger partial charge < -0.3 is 0 Å². The zero-order chi connectivity index (χ0) is 7.78. The molecule has 1 saturated carbocycles. The van der Waals surface area contributed by atoms with E-state index in [1.54, 1.807) is 0 Å². The summed E-state index contributed by atoms with van der Waals surface area (Å²) < 4.78 is 25.8. The predicted molar refractivity (Wildman–Crippen MR) is 43.4 cm³/mol. The lowest BCUT2D eigenvalue weighted by molar-refractivity contribution is 0.00321. The second-order valence-corrected chi connectivity index (χ2v) is 5.75. The van der Waals surface area contributed by atoms with Gasteiger partial charge in [-0.3, -0.25) is 10.9 Å². The second-order valence-electron chi connectivity index (χ2n) is 3.27. The van der Waals surface area contributed by atoms with E-state index in [0.29, 0.717) is 0 Å². The molecule has 0 aromatic heterocycles. The first-order valence-electron chi connectivity index (χ1n) is 3.55. The third kappa shape index (κ3) is 2.11. The minimum absolute atomic E-state index is 0.132. The van der Waals surface area contributed by atoms with Gasteiger partial charge in [-0.25, -0.2) is 8.78 Å². The molecule has 0 amide bonds. The van der Waals surface area contributed by atoms with E-state index in [9.17, 15) is 8.78 Å². The molecule has 0 aromatic rings. The molecule has 0 bridgehead atoms. The minimum Gasteiger partial charge on any atom is -0.254 e. The van der Waals surface area contributed by atoms with E-state index in [-0.39, 0.29) is 11.7 Å². The van der Waals surface area contributed by atoms with Crippen LogP contribution in [-0.2, 0) is 0 Å². The Morgan fingerprint density at radius 1 is 1.40 bits per heavy atom. The van der Waals surface area contributed by atoms with E-state index in [0.717, 1.165) is 12.8 Å². The van der Waals surface area contributed by atoms with Crippen molar-refractivity contribution in [2.24, 2.45) is 5.92 Å². The van der Waals surface area contributed by atoms with Crippen LogP contribution in [0.1, 0.15) is 12.8 Å². The monoisotopic (exact) mass is 168 g/mol. The Morgan fingerprint density at radius 3 is 2.20 bits per heavy atom. The van der Waals surface area contributed by atoms with Gasteiger partial charge in [0, 0.05) is 11.7 Å². The molecule has 0 radical (unpaired) electrons. The molecule has 1 aliphatic rings. The van der Waals surface area contributed by atoms with Crippen LogP contribution >= 0.6 is 10.9 Å². The standard InChI is InChI=1S/C7H14F2S/c1-10(2)5-7(8,9)6-3-4-6/h6,10H,3-5H2,1-2H3. The van der Waals surface area contributed by atoms with Crippen molar-refractivity contribution in [1.82, 2.24) is 0 Å². The summed E-state index contributed by atoms with van der Waals surface area (Å²) in [7, 11) is -0.431. The molecule has 0 nitrogen and oxygen atoms in total. The average Bonchev–Trinajstić information content (AvgIpc) is 2.35. The third-order valence-corrected chi connectivity index (χ3v) is 2.76. The van der Waals surface area contributed by atoms with Gasteiger partial charge in [-0.05, 0) is 25.4 Å². The number of thiol groups is 1. The van der Waals surface area contributed by atoms with Gasteiger partial charge in [0.15, 0.2) is 0 Å². The van der Waals surface area contributed by atoms with Gasteiger partial charge in [0.1, 0.15) is 0 Å². The number of rotatable bonds is 3. The molecule has 0 aliphatic heterocycles. The van der Waals surface area contributed by atoms with Crippen molar-refractivity contribution in [2.75, 3.05) is 18.3 Å². The van der Waals surface area contributed by atoms with Crippen molar-refractivity contribution < 1.29 is 8.78 Å². The predicted octanol–water partition coefficient (Wildman–Crippen LogP) is 2.29. The van der Waals surface area contributed by atoms with Crippen LogP contribution in [0.5, 0.6) is 0 Å². The maximum Gasteiger partial charge on any atom is 0.258 e. The first kappa shape index (κ1) is 8.31. The van der Waals surface area contributed by atoms with Crippen molar-refractivity contribution in [3.05, 3.63) is 0 Å². The lowest BCUT2D eigenvalue weighted by Gasteiger charge is -2.19. The van der Waals surface area contributed by atoms with Crippen molar-refractivity contribution in [3.63, 3.8) is 0 Å². The molecule has 0 atom stereocenters. The Hall–Kier alpha value is 0.210. The van der Waals surface area contributed by atoms with E-state index in [2.05, 4.69) is 0 Å². The first-order valence-corrected chi connectivity index (χ1v) is 5.97. The molecule has 1 aliphatic carbocycles. The molecular weight excluding hydrogens is 154 g/mol. The Balaban J connectivity index is 2.34. The molecular formula is C7H14F2S. The van der Waals surface area contributed by atoms with E-state index < -0.39 is 16.8 Å². The topological polar surface area (TPSA) is 0 Å². The SMILES string of the molecule is C[SH](C)CC(F)(F)C1CC1. The summed E-state index contributed by atoms with van der Waals surface area (Å²) in [6.07, 6.45) is 5.31. The van der Waals surface area contributed by atoms with E-state index >= 15 is 0 Å². The zero-order valence-electron chi connectivity index (χ0n) is 6.40. The van der Waals surface area contributed by atoms with E-state index in [1.165, 1.54) is 0 Å². The fraction of sp³-hybridized carbons (Fsp3) is 1.00. The van der Waals surface area contributed by atoms with Gasteiger partial charge in [0.25, 0.3) is 5.92 Å². The van der Waals surface area contributed by atoms with Crippen LogP contribution in [0.15, 0.2) is 0 Å². The van der Waals surface area contributed by atoms with Crippen molar-refractivity contribution in [1.29, 1.82) is 0 Å². The smallest absolute Gasteiger partial charge is 0.254 e. The maximum atomic E-state index is 12.9. The number of alkyl halides is 2. The molecule has 1 rings (SSSR count). The lowest BCUT2D eigenvalue weighted by atomic mass is 10.2. The quantitative estimate of drug-likeness (QED) is 0.614. The van der Waals surface area contributed by atoms with E-state index in [4.69, 9.17) is 0 Å². The molecule has 0 aromatic carbocycles. The van der Waals surface area contributed by atoms with Crippen LogP contribution in [0.4, 0.5) is 8.78 Å². The zero-order valence-corrected chi connectivity index (χ0v) is 7.30. The molecule has 0 unspecified atom stereocenters. The molecule has 1 fully saturated rings. The van der Waals surface area contributed by atoms with Crippen LogP contribution in [0, 0.1) is 5.92 Å². The molecule has 0 N–H and O–H groups in total. The largest absolute Gasteiger partial charge is 0.258 e. The van der Waals surface area contributed by atoms with Crippen LogP contribution in [-0.4, -0.2) is 24.2 Å². The highest BCUT2D eigenvalue weighted by molar-refractivity contribution is 8.15. The van der Waals surface area contributed by atoms with Crippen LogP contribution in [0.3, 0.4) is 0 Å². The summed E-state index contributed by atoms with van der Waals surface area (Å²) in [5.74, 6) is -2.47. The van der Waals surface area contributed by atoms with Gasteiger partial charge in [0.05, 0.1) is 0 Å². The molecule has 0 heterocycles. The highest BCUT2D eigenvalue weighted by Crippen LogP contribution is 2.46. The van der Waals surface area contributed by atoms with Crippen molar-refractivity contribution in [3.8, 4) is 0 Å². The van der Waals surface area contributed by atoms with Crippen LogP contribution < -0.4 is 0 Å². The van der Waals surface area contributed by atoms with Gasteiger partial charge in [0.2, 0.25) is 0 Å². The molecule has 62 valence electrons. The Morgan fingerprint density at radius 2 is 1.90 bits per heavy atom. The summed E-state index contributed by atoms with van der Waals surface area (Å²) >= 11 is 0. The Kier molecular flexibility index (Phi) is 2.23. The highest BCUT2D eigenvalue weighted by Gasteiger charge is 2.46. The van der Waals surface area contributed by atoms with Gasteiger partial charge in [-0.15, -0.1) is 0 Å². The average molecular weight is 168 g/mol. The summed E-state index contributed by atoms with van der Waals surface area (Å²) in [6.45, 7) is 0. The molecule has 10 heavy (non-hydrogen) atoms. The summed E-state index contributed by atoms with van der Waals surface area (Å²) in [4.78, 5) is 0. The first-order chi connectivity index (χ1) is 4.52. The summed E-state index contributed by atoms with van der Waals surface area (Å²) in [6, 6.07) is 0.